The van der Waals surface area contributed by atoms with Crippen LogP contribution in [0.1, 0.15) is 6.92 Å². The normalized spacial score (nSPS) is 11.7. The maximum absolute atomic E-state index is 11.2. The lowest BCUT2D eigenvalue weighted by Gasteiger charge is -2.09. The van der Waals surface area contributed by atoms with Crippen molar-refractivity contribution in [2.45, 2.75) is 13.0 Å². The van der Waals surface area contributed by atoms with E-state index < -0.39 is 12.3 Å². The number of benzene rings is 1. The zero-order chi connectivity index (χ0) is 12.0. The summed E-state index contributed by atoms with van der Waals surface area (Å²) in [7, 11) is 1.48. The van der Waals surface area contributed by atoms with E-state index in [-0.39, 0.29) is 12.4 Å². The number of rotatable bonds is 4. The molecule has 0 amide bonds. The molecular weight excluding hydrogens is 212 g/mol. The summed E-state index contributed by atoms with van der Waals surface area (Å²) in [5.74, 6) is 0.720. The summed E-state index contributed by atoms with van der Waals surface area (Å²) >= 11 is 0. The van der Waals surface area contributed by atoms with E-state index in [1.807, 2.05) is 0 Å². The third kappa shape index (κ3) is 3.78. The number of aliphatic hydroxyl groups is 1. The topological polar surface area (TPSA) is 65.0 Å². The number of aliphatic hydroxyl groups excluding tert-OH is 1. The van der Waals surface area contributed by atoms with E-state index >= 15 is 0 Å². The minimum Gasteiger partial charge on any atom is -0.493 e. The van der Waals surface area contributed by atoms with Crippen molar-refractivity contribution < 1.29 is 24.1 Å². The Morgan fingerprint density at radius 2 is 2.00 bits per heavy atom. The number of hydrogen-bond acceptors (Lipinski definition) is 5. The molecule has 88 valence electrons. The number of para-hydroxylation sites is 2. The molecule has 0 saturated heterocycles. The van der Waals surface area contributed by atoms with Crippen LogP contribution >= 0.6 is 0 Å². The van der Waals surface area contributed by atoms with E-state index in [1.165, 1.54) is 14.0 Å². The van der Waals surface area contributed by atoms with Crippen molar-refractivity contribution in [1.82, 2.24) is 0 Å². The number of carbonyl (C=O) groups excluding carboxylic acids is 1. The average molecular weight is 226 g/mol. The molecule has 0 fully saturated rings. The van der Waals surface area contributed by atoms with Crippen molar-refractivity contribution in [2.24, 2.45) is 0 Å². The molecule has 0 spiro atoms. The van der Waals surface area contributed by atoms with Crippen LogP contribution in [0.4, 0.5) is 4.79 Å². The van der Waals surface area contributed by atoms with Crippen LogP contribution in [0.15, 0.2) is 24.3 Å². The maximum atomic E-state index is 11.2. The molecule has 0 aromatic heterocycles. The van der Waals surface area contributed by atoms with E-state index in [2.05, 4.69) is 4.74 Å². The molecular formula is C11H14O5. The van der Waals surface area contributed by atoms with Gasteiger partial charge in [0.2, 0.25) is 0 Å². The van der Waals surface area contributed by atoms with Crippen molar-refractivity contribution in [3.63, 3.8) is 0 Å². The van der Waals surface area contributed by atoms with Crippen LogP contribution in [-0.2, 0) is 4.74 Å². The molecule has 1 rings (SSSR count). The number of ether oxygens (including phenoxy) is 3. The van der Waals surface area contributed by atoms with E-state index in [0.29, 0.717) is 5.75 Å². The summed E-state index contributed by atoms with van der Waals surface area (Å²) in [4.78, 5) is 11.2. The highest BCUT2D eigenvalue weighted by Crippen LogP contribution is 2.25. The van der Waals surface area contributed by atoms with Crippen LogP contribution in [-0.4, -0.2) is 31.1 Å². The van der Waals surface area contributed by atoms with Gasteiger partial charge in [-0.15, -0.1) is 0 Å². The van der Waals surface area contributed by atoms with Gasteiger partial charge in [0.1, 0.15) is 6.61 Å². The molecule has 0 saturated carbocycles. The Bertz CT molecular complexity index is 348. The van der Waals surface area contributed by atoms with Gasteiger partial charge in [-0.25, -0.2) is 4.79 Å². The van der Waals surface area contributed by atoms with Crippen LogP contribution < -0.4 is 9.47 Å². The number of methoxy groups -OCH3 is 1. The molecule has 5 heteroatoms. The molecule has 0 aliphatic rings. The minimum atomic E-state index is -0.870. The zero-order valence-electron chi connectivity index (χ0n) is 9.17. The molecule has 5 nitrogen and oxygen atoms in total. The Hall–Kier alpha value is -1.75. The fourth-order valence-corrected chi connectivity index (χ4v) is 1.01. The Labute approximate surface area is 93.6 Å². The second-order valence-electron chi connectivity index (χ2n) is 3.16. The third-order valence-corrected chi connectivity index (χ3v) is 1.70. The van der Waals surface area contributed by atoms with Crippen LogP contribution in [0, 0.1) is 0 Å². The highest BCUT2D eigenvalue weighted by atomic mass is 16.7. The molecule has 1 atom stereocenters. The summed E-state index contributed by atoms with van der Waals surface area (Å²) in [6.45, 7) is 1.41. The Kier molecular flexibility index (Phi) is 4.60. The highest BCUT2D eigenvalue weighted by Gasteiger charge is 2.11. The van der Waals surface area contributed by atoms with Crippen LogP contribution in [0.2, 0.25) is 0 Å². The molecule has 1 aromatic carbocycles. The largest absolute Gasteiger partial charge is 0.514 e. The smallest absolute Gasteiger partial charge is 0.493 e. The van der Waals surface area contributed by atoms with Gasteiger partial charge in [0.25, 0.3) is 0 Å². The second-order valence-corrected chi connectivity index (χ2v) is 3.16. The molecule has 0 heterocycles. The van der Waals surface area contributed by atoms with E-state index in [0.717, 1.165) is 0 Å². The average Bonchev–Trinajstić information content (AvgIpc) is 2.27. The molecule has 0 bridgehead atoms. The van der Waals surface area contributed by atoms with Gasteiger partial charge in [0.15, 0.2) is 11.5 Å². The maximum Gasteiger partial charge on any atom is 0.514 e. The van der Waals surface area contributed by atoms with Gasteiger partial charge >= 0.3 is 6.16 Å². The van der Waals surface area contributed by atoms with Gasteiger partial charge < -0.3 is 19.3 Å². The molecule has 0 aliphatic carbocycles. The van der Waals surface area contributed by atoms with Crippen LogP contribution in [0.3, 0.4) is 0 Å². The van der Waals surface area contributed by atoms with E-state index in [9.17, 15) is 4.79 Å². The first kappa shape index (κ1) is 12.3. The monoisotopic (exact) mass is 226 g/mol. The van der Waals surface area contributed by atoms with Crippen LogP contribution in [0.5, 0.6) is 11.5 Å². The lowest BCUT2D eigenvalue weighted by Crippen LogP contribution is -2.18. The van der Waals surface area contributed by atoms with Gasteiger partial charge in [-0.3, -0.25) is 0 Å². The molecule has 0 aliphatic heterocycles. The minimum absolute atomic E-state index is 0.103. The van der Waals surface area contributed by atoms with Crippen molar-refractivity contribution >= 4 is 6.16 Å². The highest BCUT2D eigenvalue weighted by molar-refractivity contribution is 5.65. The van der Waals surface area contributed by atoms with Gasteiger partial charge in [-0.05, 0) is 19.1 Å². The van der Waals surface area contributed by atoms with Crippen molar-refractivity contribution in [2.75, 3.05) is 13.7 Å². The molecule has 1 unspecified atom stereocenters. The van der Waals surface area contributed by atoms with Crippen molar-refractivity contribution in [3.8, 4) is 11.5 Å². The van der Waals surface area contributed by atoms with Gasteiger partial charge in [-0.1, -0.05) is 12.1 Å². The van der Waals surface area contributed by atoms with E-state index in [1.54, 1.807) is 24.3 Å². The third-order valence-electron chi connectivity index (χ3n) is 1.70. The van der Waals surface area contributed by atoms with Crippen LogP contribution in [0.25, 0.3) is 0 Å². The summed E-state index contributed by atoms with van der Waals surface area (Å²) in [5, 5.41) is 8.91. The molecule has 1 N–H and O–H groups in total. The summed E-state index contributed by atoms with van der Waals surface area (Å²) < 4.78 is 14.5. The fourth-order valence-electron chi connectivity index (χ4n) is 1.01. The van der Waals surface area contributed by atoms with E-state index in [4.69, 9.17) is 14.6 Å². The van der Waals surface area contributed by atoms with Crippen molar-refractivity contribution in [3.05, 3.63) is 24.3 Å². The number of hydrogen-bond donors (Lipinski definition) is 1. The predicted octanol–water partition coefficient (Wildman–Crippen LogP) is 1.59. The lowest BCUT2D eigenvalue weighted by molar-refractivity contribution is 0.0510. The number of carbonyl (C=O) groups is 1. The summed E-state index contributed by atoms with van der Waals surface area (Å²) in [5.41, 5.74) is 0. The SMILES string of the molecule is COc1ccccc1OC(=O)OCC(C)O. The summed E-state index contributed by atoms with van der Waals surface area (Å²) in [6.07, 6.45) is -1.59. The fraction of sp³-hybridized carbons (Fsp3) is 0.364. The quantitative estimate of drug-likeness (QED) is 0.624. The molecule has 16 heavy (non-hydrogen) atoms. The lowest BCUT2D eigenvalue weighted by atomic mass is 10.3. The predicted molar refractivity (Wildman–Crippen MR) is 56.7 cm³/mol. The Morgan fingerprint density at radius 3 is 2.56 bits per heavy atom. The zero-order valence-corrected chi connectivity index (χ0v) is 9.17. The van der Waals surface area contributed by atoms with Gasteiger partial charge in [0, 0.05) is 0 Å². The van der Waals surface area contributed by atoms with Crippen molar-refractivity contribution in [1.29, 1.82) is 0 Å². The standard InChI is InChI=1S/C11H14O5/c1-8(12)7-15-11(13)16-10-6-4-3-5-9(10)14-2/h3-6,8,12H,7H2,1-2H3. The molecule has 1 aromatic rings. The van der Waals surface area contributed by atoms with Gasteiger partial charge in [0.05, 0.1) is 13.2 Å². The summed E-state index contributed by atoms with van der Waals surface area (Å²) in [6, 6.07) is 6.71. The Balaban J connectivity index is 2.55. The first-order valence-electron chi connectivity index (χ1n) is 4.79. The Morgan fingerprint density at radius 1 is 1.38 bits per heavy atom. The first-order valence-corrected chi connectivity index (χ1v) is 4.79. The second kappa shape index (κ2) is 5.97. The first-order chi connectivity index (χ1) is 7.63. The van der Waals surface area contributed by atoms with Gasteiger partial charge in [-0.2, -0.15) is 0 Å². The molecule has 0 radical (unpaired) electrons.